The number of rotatable bonds is 56. The van der Waals surface area contributed by atoms with Crippen LogP contribution in [0.25, 0.3) is 0 Å². The number of unbranched alkanes of at least 4 members (excludes halogenated alkanes) is 24. The van der Waals surface area contributed by atoms with Crippen molar-refractivity contribution in [3.8, 4) is 11.5 Å². The van der Waals surface area contributed by atoms with Crippen molar-refractivity contribution in [1.29, 1.82) is 0 Å². The van der Waals surface area contributed by atoms with Crippen LogP contribution in [0.4, 0.5) is 0 Å². The van der Waals surface area contributed by atoms with Crippen molar-refractivity contribution in [1.82, 2.24) is 0 Å². The molecular weight excluding hydrogens is 1290 g/mol. The normalized spacial score (nSPS) is 17.6. The highest BCUT2D eigenvalue weighted by atomic mass is 31.2. The third kappa shape index (κ3) is 33.0. The lowest BCUT2D eigenvalue weighted by molar-refractivity contribution is -0.280. The van der Waals surface area contributed by atoms with Crippen molar-refractivity contribution in [2.45, 2.75) is 276 Å². The van der Waals surface area contributed by atoms with Crippen LogP contribution in [0.15, 0.2) is 170 Å². The number of esters is 2. The van der Waals surface area contributed by atoms with Crippen LogP contribution < -0.4 is 9.47 Å². The van der Waals surface area contributed by atoms with Crippen LogP contribution in [-0.2, 0) is 101 Å². The van der Waals surface area contributed by atoms with Gasteiger partial charge < -0.3 is 42.6 Å². The molecule has 0 bridgehead atoms. The fourth-order valence-electron chi connectivity index (χ4n) is 12.7. The molecule has 6 aromatic carbocycles. The fraction of sp³-hybridized carbons (Fsp3) is 0.553. The number of methoxy groups -OCH3 is 2. The first-order valence-electron chi connectivity index (χ1n) is 38.1. The summed E-state index contributed by atoms with van der Waals surface area (Å²) in [7, 11) is -1.69. The highest BCUT2D eigenvalue weighted by molar-refractivity contribution is 7.48. The van der Waals surface area contributed by atoms with Crippen molar-refractivity contribution in [3.63, 3.8) is 0 Å². The topological polar surface area (TPSA) is 162 Å². The molecular formula is C85H119O15P. The smallest absolute Gasteiger partial charge is 0.475 e. The summed E-state index contributed by atoms with van der Waals surface area (Å²) in [6.07, 6.45) is 22.9. The zero-order chi connectivity index (χ0) is 71.1. The molecule has 1 saturated carbocycles. The van der Waals surface area contributed by atoms with Crippen molar-refractivity contribution < 1.29 is 70.4 Å². The Labute approximate surface area is 605 Å². The molecule has 1 aliphatic carbocycles. The van der Waals surface area contributed by atoms with Gasteiger partial charge in [-0.05, 0) is 70.5 Å². The van der Waals surface area contributed by atoms with Crippen LogP contribution in [0.3, 0.4) is 0 Å². The van der Waals surface area contributed by atoms with Crippen molar-refractivity contribution in [3.05, 3.63) is 203 Å². The molecule has 554 valence electrons. The first-order valence-corrected chi connectivity index (χ1v) is 39.5. The van der Waals surface area contributed by atoms with Gasteiger partial charge in [-0.1, -0.05) is 314 Å². The number of phosphoric ester groups is 1. The summed E-state index contributed by atoms with van der Waals surface area (Å²) in [5.74, 6) is 0.466. The Kier molecular flexibility index (Phi) is 40.8. The van der Waals surface area contributed by atoms with E-state index in [1.165, 1.54) is 116 Å². The van der Waals surface area contributed by atoms with E-state index in [0.717, 1.165) is 66.3 Å². The number of hydrogen-bond acceptors (Lipinski definition) is 15. The molecule has 7 rings (SSSR count). The van der Waals surface area contributed by atoms with Crippen LogP contribution in [0.1, 0.15) is 227 Å². The van der Waals surface area contributed by atoms with E-state index in [4.69, 9.17) is 56.2 Å². The first kappa shape index (κ1) is 82.1. The lowest BCUT2D eigenvalue weighted by atomic mass is 9.83. The number of carbonyl (C=O) groups is 2. The van der Waals surface area contributed by atoms with Gasteiger partial charge in [0.1, 0.15) is 54.7 Å². The standard InChI is InChI=1S/C85H119O15P/c1-5-7-9-11-13-15-17-19-21-23-25-27-41-51-78(86)91-67-77(99-79(87)52-42-28-26-24-22-20-18-16-14-12-10-8-6-2)68-98-101(88,97-66-72-49-39-32-40-50-72)100-85-83(95-62-70-45-35-30-36-46-70)81(92-61-69-43-33-29-34-44-69)80(93-64-73-53-57-75(89-3)58-54-73)82(84(85)96-63-71-47-37-31-38-48-71)94-65-74-55-59-76(90-4)60-56-74/h29-40,43-50,53-60,77,80-85H,5-28,41-42,51-52,61-68H2,1-4H3/t77-,80+,81+,82-,83-,84-,85+,101?/m1/s1. The minimum absolute atomic E-state index is 0.0535. The van der Waals surface area contributed by atoms with Gasteiger partial charge >= 0.3 is 19.8 Å². The van der Waals surface area contributed by atoms with Gasteiger partial charge in [-0.15, -0.1) is 0 Å². The molecule has 0 aromatic heterocycles. The quantitative estimate of drug-likeness (QED) is 0.0201. The molecule has 8 atom stereocenters. The number of benzene rings is 6. The summed E-state index contributed by atoms with van der Waals surface area (Å²) in [5, 5.41) is 0. The molecule has 6 aromatic rings. The van der Waals surface area contributed by atoms with Crippen LogP contribution in [-0.4, -0.2) is 82.1 Å². The third-order valence-electron chi connectivity index (χ3n) is 18.6. The van der Waals surface area contributed by atoms with Crippen molar-refractivity contribution in [2.24, 2.45) is 0 Å². The van der Waals surface area contributed by atoms with Crippen LogP contribution >= 0.6 is 7.82 Å². The Hall–Kier alpha value is -6.23. The van der Waals surface area contributed by atoms with Crippen molar-refractivity contribution in [2.75, 3.05) is 27.4 Å². The summed E-state index contributed by atoms with van der Waals surface area (Å²) < 4.78 is 96.0. The van der Waals surface area contributed by atoms with Gasteiger partial charge in [0, 0.05) is 12.8 Å². The maximum atomic E-state index is 16.5. The van der Waals surface area contributed by atoms with E-state index in [0.29, 0.717) is 29.9 Å². The Morgan fingerprint density at radius 1 is 0.327 bits per heavy atom. The number of phosphoric acid groups is 1. The molecule has 0 saturated heterocycles. The molecule has 0 spiro atoms. The Morgan fingerprint density at radius 3 is 0.941 bits per heavy atom. The SMILES string of the molecule is CCCCCCCCCCCCCCCC(=O)OC[C@H](COP(=O)(OCc1ccccc1)O[C@@H]1[C@H](OCc2ccccc2)[C@H](OCc2ccc(OC)cc2)[C@@H](OCc2ccc(OC)cc2)[C@H](OCc2ccccc2)[C@H]1OCc1ccccc1)OC(=O)CCCCCCCCCCCCCCC. The van der Waals surface area contributed by atoms with Gasteiger partial charge in [-0.2, -0.15) is 0 Å². The molecule has 1 aliphatic rings. The molecule has 16 heteroatoms. The number of hydrogen-bond donors (Lipinski definition) is 0. The maximum Gasteiger partial charge on any atom is 0.475 e. The molecule has 0 N–H and O–H groups in total. The minimum Gasteiger partial charge on any atom is -0.497 e. The summed E-state index contributed by atoms with van der Waals surface area (Å²) in [6.45, 7) is 3.81. The fourth-order valence-corrected chi connectivity index (χ4v) is 14.1. The predicted molar refractivity (Wildman–Crippen MR) is 399 cm³/mol. The van der Waals surface area contributed by atoms with Gasteiger partial charge in [-0.25, -0.2) is 4.57 Å². The zero-order valence-corrected chi connectivity index (χ0v) is 62.1. The number of carbonyl (C=O) groups excluding carboxylic acids is 2. The minimum atomic E-state index is -4.94. The average molecular weight is 1410 g/mol. The van der Waals surface area contributed by atoms with Gasteiger partial charge in [0.2, 0.25) is 0 Å². The molecule has 0 heterocycles. The molecule has 101 heavy (non-hydrogen) atoms. The van der Waals surface area contributed by atoms with E-state index in [9.17, 15) is 9.59 Å². The highest BCUT2D eigenvalue weighted by Gasteiger charge is 2.57. The van der Waals surface area contributed by atoms with Gasteiger partial charge in [0.15, 0.2) is 6.10 Å². The van der Waals surface area contributed by atoms with Gasteiger partial charge in [0.05, 0.1) is 60.5 Å². The largest absolute Gasteiger partial charge is 0.497 e. The molecule has 0 aliphatic heterocycles. The van der Waals surface area contributed by atoms with Gasteiger partial charge in [0.25, 0.3) is 0 Å². The highest BCUT2D eigenvalue weighted by Crippen LogP contribution is 2.54. The zero-order valence-electron chi connectivity index (χ0n) is 61.2. The molecule has 0 amide bonds. The molecule has 1 fully saturated rings. The Balaban J connectivity index is 1.20. The monoisotopic (exact) mass is 1410 g/mol. The second-order valence-electron chi connectivity index (χ2n) is 26.9. The van der Waals surface area contributed by atoms with Gasteiger partial charge in [-0.3, -0.25) is 23.2 Å². The van der Waals surface area contributed by atoms with E-state index in [1.807, 2.05) is 170 Å². The first-order chi connectivity index (χ1) is 49.6. The number of ether oxygens (including phenoxy) is 9. The Morgan fingerprint density at radius 2 is 0.614 bits per heavy atom. The summed E-state index contributed by atoms with van der Waals surface area (Å²) in [5.41, 5.74) is 4.90. The Bertz CT molecular complexity index is 3100. The van der Waals surface area contributed by atoms with E-state index >= 15 is 4.57 Å². The maximum absolute atomic E-state index is 16.5. The second-order valence-corrected chi connectivity index (χ2v) is 28.5. The lowest BCUT2D eigenvalue weighted by Crippen LogP contribution is -2.67. The summed E-state index contributed by atoms with van der Waals surface area (Å²) in [6, 6.07) is 53.8. The van der Waals surface area contributed by atoms with Crippen molar-refractivity contribution >= 4 is 19.8 Å². The summed E-state index contributed by atoms with van der Waals surface area (Å²) >= 11 is 0. The summed E-state index contributed by atoms with van der Waals surface area (Å²) in [4.78, 5) is 27.7. The third-order valence-corrected chi connectivity index (χ3v) is 20.0. The predicted octanol–water partition coefficient (Wildman–Crippen LogP) is 21.1. The van der Waals surface area contributed by atoms with Crippen LogP contribution in [0.5, 0.6) is 11.5 Å². The molecule has 15 nitrogen and oxygen atoms in total. The lowest BCUT2D eigenvalue weighted by Gasteiger charge is -2.50. The average Bonchev–Trinajstić information content (AvgIpc) is 0.757. The van der Waals surface area contributed by atoms with E-state index < -0.39 is 69.1 Å². The molecule has 1 unspecified atom stereocenters. The molecule has 0 radical (unpaired) electrons. The van der Waals surface area contributed by atoms with Crippen LogP contribution in [0.2, 0.25) is 0 Å². The van der Waals surface area contributed by atoms with Crippen LogP contribution in [0, 0.1) is 0 Å². The van der Waals surface area contributed by atoms with E-state index in [2.05, 4.69) is 13.8 Å². The van der Waals surface area contributed by atoms with E-state index in [-0.39, 0.29) is 59.1 Å². The van der Waals surface area contributed by atoms with E-state index in [1.54, 1.807) is 14.2 Å². The second kappa shape index (κ2) is 50.2.